The van der Waals surface area contributed by atoms with Crippen LogP contribution >= 0.6 is 11.6 Å². The summed E-state index contributed by atoms with van der Waals surface area (Å²) in [5.74, 6) is 0.850. The maximum Gasteiger partial charge on any atom is 0.252 e. The fraction of sp³-hybridized carbons (Fsp3) is 0.389. The molecule has 1 aromatic heterocycles. The topological polar surface area (TPSA) is 74.2 Å². The third-order valence-electron chi connectivity index (χ3n) is 3.50. The number of nitrogens with one attached hydrogen (secondary N) is 1. The first-order chi connectivity index (χ1) is 11.7. The van der Waals surface area contributed by atoms with Crippen molar-refractivity contribution in [2.24, 2.45) is 5.10 Å². The van der Waals surface area contributed by atoms with Crippen molar-refractivity contribution in [3.63, 3.8) is 0 Å². The Labute approximate surface area is 147 Å². The van der Waals surface area contributed by atoms with Crippen LogP contribution in [0.4, 0.5) is 5.88 Å². The maximum atomic E-state index is 9.14. The van der Waals surface area contributed by atoms with Gasteiger partial charge in [0.1, 0.15) is 6.07 Å². The number of benzene rings is 1. The van der Waals surface area contributed by atoms with Gasteiger partial charge in [-0.3, -0.25) is 0 Å². The SMILES string of the molecule is CCCCCCCc1nc(C#N)c(NN=Cc2cccc(Cl)c2)o1. The predicted octanol–water partition coefficient (Wildman–Crippen LogP) is 5.16. The molecule has 126 valence electrons. The summed E-state index contributed by atoms with van der Waals surface area (Å²) in [5, 5.41) is 13.9. The van der Waals surface area contributed by atoms with Crippen LogP contribution in [0.1, 0.15) is 56.2 Å². The van der Waals surface area contributed by atoms with Gasteiger partial charge in [-0.05, 0) is 24.1 Å². The summed E-state index contributed by atoms with van der Waals surface area (Å²) < 4.78 is 5.59. The minimum Gasteiger partial charge on any atom is -0.422 e. The number of nitrogens with zero attached hydrogens (tertiary/aromatic N) is 3. The highest BCUT2D eigenvalue weighted by atomic mass is 35.5. The van der Waals surface area contributed by atoms with Crippen LogP contribution < -0.4 is 5.43 Å². The van der Waals surface area contributed by atoms with Gasteiger partial charge in [0.15, 0.2) is 5.89 Å². The van der Waals surface area contributed by atoms with Crippen molar-refractivity contribution >= 4 is 23.7 Å². The standard InChI is InChI=1S/C18H21ClN4O/c1-2-3-4-5-6-10-17-22-16(12-20)18(24-17)23-21-13-14-8-7-9-15(19)11-14/h7-9,11,13,23H,2-6,10H2,1H3. The number of halogens is 1. The second-order valence-electron chi connectivity index (χ2n) is 5.49. The van der Waals surface area contributed by atoms with Crippen molar-refractivity contribution in [3.05, 3.63) is 46.4 Å². The molecule has 0 saturated carbocycles. The van der Waals surface area contributed by atoms with E-state index < -0.39 is 0 Å². The molecule has 2 aromatic rings. The Balaban J connectivity index is 1.91. The average molecular weight is 345 g/mol. The maximum absolute atomic E-state index is 9.14. The Hall–Kier alpha value is -2.32. The molecule has 0 bridgehead atoms. The van der Waals surface area contributed by atoms with E-state index in [2.05, 4.69) is 22.4 Å². The number of anilines is 1. The highest BCUT2D eigenvalue weighted by Crippen LogP contribution is 2.18. The van der Waals surface area contributed by atoms with Crippen LogP contribution in [0.15, 0.2) is 33.8 Å². The van der Waals surface area contributed by atoms with Crippen LogP contribution in [0.2, 0.25) is 5.02 Å². The summed E-state index contributed by atoms with van der Waals surface area (Å²) in [6.45, 7) is 2.19. The Kier molecular flexibility index (Phi) is 7.31. The van der Waals surface area contributed by atoms with E-state index in [1.807, 2.05) is 18.2 Å². The molecule has 0 aliphatic rings. The monoisotopic (exact) mass is 344 g/mol. The van der Waals surface area contributed by atoms with Gasteiger partial charge in [0.2, 0.25) is 5.69 Å². The molecule has 6 heteroatoms. The highest BCUT2D eigenvalue weighted by Gasteiger charge is 2.12. The van der Waals surface area contributed by atoms with Gasteiger partial charge < -0.3 is 4.42 Å². The molecule has 2 rings (SSSR count). The van der Waals surface area contributed by atoms with E-state index in [-0.39, 0.29) is 11.6 Å². The number of hydrazone groups is 1. The predicted molar refractivity (Wildman–Crippen MR) is 96.3 cm³/mol. The van der Waals surface area contributed by atoms with Gasteiger partial charge in [0, 0.05) is 11.4 Å². The Morgan fingerprint density at radius 2 is 2.17 bits per heavy atom. The lowest BCUT2D eigenvalue weighted by Gasteiger charge is -1.97. The molecule has 1 heterocycles. The van der Waals surface area contributed by atoms with E-state index in [4.69, 9.17) is 21.3 Å². The van der Waals surface area contributed by atoms with Crippen LogP contribution in [-0.4, -0.2) is 11.2 Å². The normalized spacial score (nSPS) is 10.9. The third kappa shape index (κ3) is 5.71. The second kappa shape index (κ2) is 9.74. The van der Waals surface area contributed by atoms with Crippen molar-refractivity contribution in [1.29, 1.82) is 5.26 Å². The van der Waals surface area contributed by atoms with Crippen molar-refractivity contribution in [3.8, 4) is 6.07 Å². The van der Waals surface area contributed by atoms with Crippen LogP contribution in [0.3, 0.4) is 0 Å². The zero-order chi connectivity index (χ0) is 17.2. The molecule has 24 heavy (non-hydrogen) atoms. The fourth-order valence-electron chi connectivity index (χ4n) is 2.26. The lowest BCUT2D eigenvalue weighted by atomic mass is 10.1. The summed E-state index contributed by atoms with van der Waals surface area (Å²) in [6.07, 6.45) is 8.19. The first-order valence-corrected chi connectivity index (χ1v) is 8.55. The van der Waals surface area contributed by atoms with Crippen molar-refractivity contribution in [2.45, 2.75) is 45.4 Å². The molecule has 1 aromatic carbocycles. The molecule has 0 fully saturated rings. The lowest BCUT2D eigenvalue weighted by molar-refractivity contribution is 0.488. The second-order valence-corrected chi connectivity index (χ2v) is 5.92. The fourth-order valence-corrected chi connectivity index (χ4v) is 2.45. The number of hydrogen-bond acceptors (Lipinski definition) is 5. The first-order valence-electron chi connectivity index (χ1n) is 8.17. The largest absolute Gasteiger partial charge is 0.422 e. The third-order valence-corrected chi connectivity index (χ3v) is 3.74. The molecular weight excluding hydrogens is 324 g/mol. The van der Waals surface area contributed by atoms with E-state index in [1.54, 1.807) is 18.3 Å². The van der Waals surface area contributed by atoms with Gasteiger partial charge in [-0.2, -0.15) is 10.4 Å². The van der Waals surface area contributed by atoms with Gasteiger partial charge >= 0.3 is 0 Å². The van der Waals surface area contributed by atoms with Gasteiger partial charge in [0.05, 0.1) is 6.21 Å². The molecule has 0 aliphatic heterocycles. The number of aromatic nitrogens is 1. The molecular formula is C18H21ClN4O. The van der Waals surface area contributed by atoms with Gasteiger partial charge in [-0.25, -0.2) is 10.4 Å². The van der Waals surface area contributed by atoms with E-state index in [9.17, 15) is 0 Å². The van der Waals surface area contributed by atoms with Crippen molar-refractivity contribution in [2.75, 3.05) is 5.43 Å². The van der Waals surface area contributed by atoms with E-state index in [0.29, 0.717) is 10.9 Å². The molecule has 0 unspecified atom stereocenters. The van der Waals surface area contributed by atoms with Crippen LogP contribution in [0.25, 0.3) is 0 Å². The number of nitriles is 1. The van der Waals surface area contributed by atoms with Crippen molar-refractivity contribution in [1.82, 2.24) is 4.98 Å². The Bertz CT molecular complexity index is 718. The number of unbranched alkanes of at least 4 members (excludes halogenated alkanes) is 4. The average Bonchev–Trinajstić information content (AvgIpc) is 2.97. The Morgan fingerprint density at radius 1 is 1.33 bits per heavy atom. The number of aryl methyl sites for hydroxylation is 1. The molecule has 1 N–H and O–H groups in total. The van der Waals surface area contributed by atoms with Gasteiger partial charge in [0.25, 0.3) is 5.88 Å². The smallest absolute Gasteiger partial charge is 0.252 e. The molecule has 0 amide bonds. The minimum absolute atomic E-state index is 0.224. The van der Waals surface area contributed by atoms with Crippen LogP contribution in [0, 0.1) is 11.3 Å². The van der Waals surface area contributed by atoms with Crippen LogP contribution in [-0.2, 0) is 6.42 Å². The number of hydrogen-bond donors (Lipinski definition) is 1. The molecule has 0 aliphatic carbocycles. The summed E-state index contributed by atoms with van der Waals surface area (Å²) in [5.41, 5.74) is 3.81. The zero-order valence-corrected chi connectivity index (χ0v) is 14.5. The minimum atomic E-state index is 0.224. The number of rotatable bonds is 9. The highest BCUT2D eigenvalue weighted by molar-refractivity contribution is 6.30. The van der Waals surface area contributed by atoms with Crippen molar-refractivity contribution < 1.29 is 4.42 Å². The molecule has 0 spiro atoms. The van der Waals surface area contributed by atoms with Crippen LogP contribution in [0.5, 0.6) is 0 Å². The summed E-state index contributed by atoms with van der Waals surface area (Å²) in [7, 11) is 0. The zero-order valence-electron chi connectivity index (χ0n) is 13.8. The van der Waals surface area contributed by atoms with E-state index in [1.165, 1.54) is 19.3 Å². The van der Waals surface area contributed by atoms with Gasteiger partial charge in [-0.15, -0.1) is 0 Å². The molecule has 0 radical (unpaired) electrons. The first kappa shape index (κ1) is 18.0. The van der Waals surface area contributed by atoms with E-state index >= 15 is 0 Å². The summed E-state index contributed by atoms with van der Waals surface area (Å²) in [6, 6.07) is 9.33. The Morgan fingerprint density at radius 3 is 2.92 bits per heavy atom. The van der Waals surface area contributed by atoms with E-state index in [0.717, 1.165) is 24.8 Å². The molecule has 5 nitrogen and oxygen atoms in total. The quantitative estimate of drug-likeness (QED) is 0.387. The molecule has 0 atom stereocenters. The molecule has 0 saturated heterocycles. The number of oxazole rings is 1. The van der Waals surface area contributed by atoms with Gasteiger partial charge in [-0.1, -0.05) is 56.3 Å². The summed E-state index contributed by atoms with van der Waals surface area (Å²) in [4.78, 5) is 4.20. The summed E-state index contributed by atoms with van der Waals surface area (Å²) >= 11 is 5.92. The lowest BCUT2D eigenvalue weighted by Crippen LogP contribution is -1.91.